The Labute approximate surface area is 249 Å². The lowest BCUT2D eigenvalue weighted by Gasteiger charge is -2.08. The topological polar surface area (TPSA) is 55.4 Å². The summed E-state index contributed by atoms with van der Waals surface area (Å²) < 4.78 is 33.5. The second kappa shape index (κ2) is 38.8. The molecule has 0 aliphatic carbocycles. The van der Waals surface area contributed by atoms with Gasteiger partial charge in [-0.15, -0.1) is 0 Å². The number of ether oxygens (including phenoxy) is 6. The van der Waals surface area contributed by atoms with Gasteiger partial charge in [-0.25, -0.2) is 0 Å². The van der Waals surface area contributed by atoms with E-state index in [1.54, 1.807) is 0 Å². The van der Waals surface area contributed by atoms with Gasteiger partial charge in [-0.1, -0.05) is 129 Å². The fraction of sp³-hybridized carbons (Fsp3) is 1.00. The van der Waals surface area contributed by atoms with Gasteiger partial charge in [0.05, 0.1) is 66.1 Å². The third-order valence-electron chi connectivity index (χ3n) is 7.14. The van der Waals surface area contributed by atoms with E-state index in [1.165, 1.54) is 116 Å². The van der Waals surface area contributed by atoms with Crippen molar-refractivity contribution in [1.29, 1.82) is 0 Å². The molecule has 6 nitrogen and oxygen atoms in total. The Bertz CT molecular complexity index is 385. The highest BCUT2D eigenvalue weighted by molar-refractivity contribution is 4.49. The largest absolute Gasteiger partial charge is 0.379 e. The van der Waals surface area contributed by atoms with Crippen LogP contribution in [0.3, 0.4) is 0 Å². The van der Waals surface area contributed by atoms with E-state index in [0.717, 1.165) is 26.1 Å². The maximum absolute atomic E-state index is 5.65. The van der Waals surface area contributed by atoms with Crippen LogP contribution >= 0.6 is 0 Å². The molecule has 0 atom stereocenters. The minimum absolute atomic E-state index is 0.584. The molecule has 0 aliphatic heterocycles. The molecule has 0 unspecified atom stereocenters. The average Bonchev–Trinajstić information content (AvgIpc) is 2.97. The first kappa shape index (κ1) is 39.8. The van der Waals surface area contributed by atoms with Crippen LogP contribution in [-0.2, 0) is 28.4 Å². The summed E-state index contributed by atoms with van der Waals surface area (Å²) >= 11 is 0. The van der Waals surface area contributed by atoms with E-state index in [1.807, 2.05) is 0 Å². The van der Waals surface area contributed by atoms with Crippen molar-refractivity contribution >= 4 is 0 Å². The SMILES string of the molecule is CCCCCCCCCCCCOCCOCCOCCOCCOCCOCCCCCCCCCCCC. The first-order valence-corrected chi connectivity index (χ1v) is 17.4. The lowest BCUT2D eigenvalue weighted by molar-refractivity contribution is -0.0169. The van der Waals surface area contributed by atoms with Crippen LogP contribution in [-0.4, -0.2) is 79.3 Å². The van der Waals surface area contributed by atoms with Crippen molar-refractivity contribution in [3.8, 4) is 0 Å². The number of hydrogen-bond acceptors (Lipinski definition) is 6. The maximum atomic E-state index is 5.65. The fourth-order valence-corrected chi connectivity index (χ4v) is 4.58. The van der Waals surface area contributed by atoms with Crippen LogP contribution in [0.1, 0.15) is 142 Å². The molecule has 0 fully saturated rings. The van der Waals surface area contributed by atoms with Gasteiger partial charge < -0.3 is 28.4 Å². The second-order valence-corrected chi connectivity index (χ2v) is 11.0. The fourth-order valence-electron chi connectivity index (χ4n) is 4.58. The molecule has 0 aliphatic rings. The minimum Gasteiger partial charge on any atom is -0.379 e. The van der Waals surface area contributed by atoms with Crippen LogP contribution in [0.25, 0.3) is 0 Å². The molecule has 0 amide bonds. The van der Waals surface area contributed by atoms with Gasteiger partial charge in [0.15, 0.2) is 0 Å². The summed E-state index contributed by atoms with van der Waals surface area (Å²) in [5.41, 5.74) is 0. The summed E-state index contributed by atoms with van der Waals surface area (Å²) in [6, 6.07) is 0. The Morgan fingerprint density at radius 2 is 0.375 bits per heavy atom. The highest BCUT2D eigenvalue weighted by Gasteiger charge is 1.97. The molecule has 0 bridgehead atoms. The third kappa shape index (κ3) is 37.8. The Morgan fingerprint density at radius 1 is 0.200 bits per heavy atom. The van der Waals surface area contributed by atoms with Crippen LogP contribution in [0.4, 0.5) is 0 Å². The highest BCUT2D eigenvalue weighted by Crippen LogP contribution is 2.11. The van der Waals surface area contributed by atoms with E-state index in [2.05, 4.69) is 13.8 Å². The van der Waals surface area contributed by atoms with Crippen molar-refractivity contribution < 1.29 is 28.4 Å². The number of rotatable bonds is 37. The van der Waals surface area contributed by atoms with Crippen molar-refractivity contribution in [3.63, 3.8) is 0 Å². The van der Waals surface area contributed by atoms with Gasteiger partial charge in [-0.2, -0.15) is 0 Å². The maximum Gasteiger partial charge on any atom is 0.0701 e. The first-order chi connectivity index (χ1) is 19.9. The molecule has 0 aromatic heterocycles. The summed E-state index contributed by atoms with van der Waals surface area (Å²) in [5, 5.41) is 0. The summed E-state index contributed by atoms with van der Waals surface area (Å²) in [6.07, 6.45) is 27.1. The van der Waals surface area contributed by atoms with Crippen LogP contribution < -0.4 is 0 Å². The highest BCUT2D eigenvalue weighted by atomic mass is 16.6. The van der Waals surface area contributed by atoms with E-state index < -0.39 is 0 Å². The lowest BCUT2D eigenvalue weighted by Crippen LogP contribution is -2.14. The van der Waals surface area contributed by atoms with Gasteiger partial charge in [0.25, 0.3) is 0 Å². The molecule has 0 aromatic carbocycles. The molecular weight excluding hydrogens is 504 g/mol. The monoisotopic (exact) mass is 575 g/mol. The van der Waals surface area contributed by atoms with E-state index in [-0.39, 0.29) is 0 Å². The smallest absolute Gasteiger partial charge is 0.0701 e. The lowest BCUT2D eigenvalue weighted by atomic mass is 10.1. The molecule has 0 rings (SSSR count). The first-order valence-electron chi connectivity index (χ1n) is 17.4. The Kier molecular flexibility index (Phi) is 38.5. The van der Waals surface area contributed by atoms with E-state index in [0.29, 0.717) is 66.1 Å². The molecule has 242 valence electrons. The van der Waals surface area contributed by atoms with Crippen molar-refractivity contribution in [1.82, 2.24) is 0 Å². The van der Waals surface area contributed by atoms with E-state index in [4.69, 9.17) is 28.4 Å². The predicted octanol–water partition coefficient (Wildman–Crippen LogP) is 8.93. The molecular formula is C34H70O6. The molecule has 40 heavy (non-hydrogen) atoms. The van der Waals surface area contributed by atoms with Crippen molar-refractivity contribution in [2.75, 3.05) is 79.3 Å². The zero-order chi connectivity index (χ0) is 28.9. The summed E-state index contributed by atoms with van der Waals surface area (Å²) in [5.74, 6) is 0. The normalized spacial score (nSPS) is 11.6. The van der Waals surface area contributed by atoms with Gasteiger partial charge in [0.2, 0.25) is 0 Å². The zero-order valence-electron chi connectivity index (χ0n) is 27.1. The van der Waals surface area contributed by atoms with Gasteiger partial charge in [0.1, 0.15) is 0 Å². The molecule has 6 heteroatoms. The summed E-state index contributed by atoms with van der Waals surface area (Å²) in [4.78, 5) is 0. The Hall–Kier alpha value is -0.240. The van der Waals surface area contributed by atoms with Crippen LogP contribution in [0.2, 0.25) is 0 Å². The molecule has 0 saturated heterocycles. The molecule has 0 heterocycles. The van der Waals surface area contributed by atoms with Crippen LogP contribution in [0.5, 0.6) is 0 Å². The van der Waals surface area contributed by atoms with Crippen LogP contribution in [0.15, 0.2) is 0 Å². The third-order valence-corrected chi connectivity index (χ3v) is 7.14. The Morgan fingerprint density at radius 3 is 0.600 bits per heavy atom. The van der Waals surface area contributed by atoms with Crippen molar-refractivity contribution in [3.05, 3.63) is 0 Å². The predicted molar refractivity (Wildman–Crippen MR) is 169 cm³/mol. The summed E-state index contributed by atoms with van der Waals surface area (Å²) in [6.45, 7) is 12.4. The number of hydrogen-bond donors (Lipinski definition) is 0. The standard InChI is InChI=1S/C34H70O6/c1-3-5-7-9-11-13-15-17-19-21-23-35-25-27-37-29-31-39-33-34-40-32-30-38-28-26-36-24-22-20-18-16-14-12-10-8-6-4-2/h3-34H2,1-2H3. The van der Waals surface area contributed by atoms with Gasteiger partial charge in [-0.05, 0) is 12.8 Å². The van der Waals surface area contributed by atoms with Crippen LogP contribution in [0, 0.1) is 0 Å². The Balaban J connectivity index is 3.01. The average molecular weight is 575 g/mol. The number of unbranched alkanes of at least 4 members (excludes halogenated alkanes) is 18. The molecule has 0 radical (unpaired) electrons. The van der Waals surface area contributed by atoms with Gasteiger partial charge in [-0.3, -0.25) is 0 Å². The van der Waals surface area contributed by atoms with Gasteiger partial charge >= 0.3 is 0 Å². The zero-order valence-corrected chi connectivity index (χ0v) is 27.1. The van der Waals surface area contributed by atoms with Crippen molar-refractivity contribution in [2.45, 2.75) is 142 Å². The molecule has 0 N–H and O–H groups in total. The minimum atomic E-state index is 0.584. The molecule has 0 saturated carbocycles. The molecule has 0 aromatic rings. The summed E-state index contributed by atoms with van der Waals surface area (Å²) in [7, 11) is 0. The van der Waals surface area contributed by atoms with Crippen molar-refractivity contribution in [2.24, 2.45) is 0 Å². The molecule has 0 spiro atoms. The quantitative estimate of drug-likeness (QED) is 0.0691. The van der Waals surface area contributed by atoms with E-state index in [9.17, 15) is 0 Å². The second-order valence-electron chi connectivity index (χ2n) is 11.0. The van der Waals surface area contributed by atoms with Gasteiger partial charge in [0, 0.05) is 13.2 Å². The van der Waals surface area contributed by atoms with E-state index >= 15 is 0 Å².